The van der Waals surface area contributed by atoms with Crippen LogP contribution in [0.4, 0.5) is 10.5 Å². The van der Waals surface area contributed by atoms with E-state index in [4.69, 9.17) is 14.2 Å². The molecule has 3 aromatic rings. The average Bonchev–Trinajstić information content (AvgIpc) is 2.78. The maximum Gasteiger partial charge on any atom is 0.319 e. The molecule has 0 aliphatic rings. The Morgan fingerprint density at radius 2 is 1.40 bits per heavy atom. The number of urea groups is 1. The molecular formula is C24H26N2O4. The van der Waals surface area contributed by atoms with E-state index in [2.05, 4.69) is 10.6 Å². The van der Waals surface area contributed by atoms with E-state index in [1.165, 1.54) is 0 Å². The lowest BCUT2D eigenvalue weighted by atomic mass is 10.2. The zero-order valence-corrected chi connectivity index (χ0v) is 16.8. The lowest BCUT2D eigenvalue weighted by Crippen LogP contribution is -2.32. The van der Waals surface area contributed by atoms with Gasteiger partial charge in [-0.3, -0.25) is 0 Å². The molecule has 0 fully saturated rings. The molecule has 0 atom stereocenters. The van der Waals surface area contributed by atoms with Crippen LogP contribution in [0.3, 0.4) is 0 Å². The molecule has 156 valence electrons. The van der Waals surface area contributed by atoms with E-state index in [1.807, 2.05) is 84.9 Å². The molecule has 0 saturated heterocycles. The molecule has 2 amide bonds. The summed E-state index contributed by atoms with van der Waals surface area (Å²) >= 11 is 0. The number of anilines is 1. The van der Waals surface area contributed by atoms with Crippen molar-refractivity contribution in [3.8, 4) is 11.5 Å². The number of nitrogens with one attached hydrogen (secondary N) is 2. The number of benzene rings is 3. The minimum Gasteiger partial charge on any atom is -0.492 e. The fourth-order valence-electron chi connectivity index (χ4n) is 2.69. The highest BCUT2D eigenvalue weighted by molar-refractivity contribution is 5.89. The molecule has 0 aliphatic carbocycles. The Morgan fingerprint density at radius 3 is 2.10 bits per heavy atom. The van der Waals surface area contributed by atoms with Gasteiger partial charge in [-0.25, -0.2) is 4.79 Å². The maximum atomic E-state index is 12.0. The van der Waals surface area contributed by atoms with Gasteiger partial charge in [-0.1, -0.05) is 48.5 Å². The highest BCUT2D eigenvalue weighted by Crippen LogP contribution is 2.12. The van der Waals surface area contributed by atoms with Gasteiger partial charge in [-0.15, -0.1) is 0 Å². The molecular weight excluding hydrogens is 380 g/mol. The maximum absolute atomic E-state index is 12.0. The van der Waals surface area contributed by atoms with Crippen LogP contribution in [0.2, 0.25) is 0 Å². The van der Waals surface area contributed by atoms with Gasteiger partial charge in [-0.2, -0.15) is 0 Å². The molecule has 0 aromatic heterocycles. The van der Waals surface area contributed by atoms with E-state index < -0.39 is 0 Å². The zero-order valence-electron chi connectivity index (χ0n) is 16.8. The van der Waals surface area contributed by atoms with Crippen molar-refractivity contribution in [3.63, 3.8) is 0 Å². The minimum atomic E-state index is -0.277. The molecule has 0 bridgehead atoms. The first-order valence-corrected chi connectivity index (χ1v) is 9.87. The van der Waals surface area contributed by atoms with Crippen molar-refractivity contribution in [2.75, 3.05) is 31.7 Å². The summed E-state index contributed by atoms with van der Waals surface area (Å²) in [5.74, 6) is 1.61. The molecule has 0 unspecified atom stereocenters. The van der Waals surface area contributed by atoms with Crippen molar-refractivity contribution in [2.24, 2.45) is 0 Å². The van der Waals surface area contributed by atoms with Crippen molar-refractivity contribution in [3.05, 3.63) is 90.5 Å². The Balaban J connectivity index is 1.31. The number of rotatable bonds is 11. The Kier molecular flexibility index (Phi) is 8.58. The third-order valence-corrected chi connectivity index (χ3v) is 4.09. The fourth-order valence-corrected chi connectivity index (χ4v) is 2.69. The van der Waals surface area contributed by atoms with E-state index in [0.29, 0.717) is 38.7 Å². The Hall–Kier alpha value is -3.51. The normalized spacial score (nSPS) is 10.3. The first-order chi connectivity index (χ1) is 14.8. The standard InChI is InChI=1S/C24H26N2O4/c27-24(25-14-15-29-22-10-3-1-4-11-22)26-21-9-7-8-20(18-21)19-28-16-17-30-23-12-5-2-6-13-23/h1-13,18H,14-17,19H2,(H2,25,26,27). The predicted molar refractivity (Wildman–Crippen MR) is 117 cm³/mol. The van der Waals surface area contributed by atoms with E-state index in [0.717, 1.165) is 17.1 Å². The van der Waals surface area contributed by atoms with Gasteiger partial charge in [0.25, 0.3) is 0 Å². The summed E-state index contributed by atoms with van der Waals surface area (Å²) in [4.78, 5) is 12.0. The van der Waals surface area contributed by atoms with Crippen molar-refractivity contribution in [1.29, 1.82) is 0 Å². The van der Waals surface area contributed by atoms with Gasteiger partial charge in [-0.05, 0) is 42.0 Å². The summed E-state index contributed by atoms with van der Waals surface area (Å²) in [5.41, 5.74) is 1.68. The fraction of sp³-hybridized carbons (Fsp3) is 0.208. The largest absolute Gasteiger partial charge is 0.492 e. The summed E-state index contributed by atoms with van der Waals surface area (Å²) < 4.78 is 16.8. The molecule has 3 rings (SSSR count). The van der Waals surface area contributed by atoms with Crippen LogP contribution in [0.25, 0.3) is 0 Å². The van der Waals surface area contributed by atoms with Crippen LogP contribution < -0.4 is 20.1 Å². The molecule has 0 saturated carbocycles. The number of carbonyl (C=O) groups is 1. The van der Waals surface area contributed by atoms with Crippen LogP contribution >= 0.6 is 0 Å². The minimum absolute atomic E-state index is 0.277. The van der Waals surface area contributed by atoms with E-state index in [-0.39, 0.29) is 6.03 Å². The smallest absolute Gasteiger partial charge is 0.319 e. The molecule has 3 aromatic carbocycles. The van der Waals surface area contributed by atoms with Gasteiger partial charge in [0, 0.05) is 5.69 Å². The number of para-hydroxylation sites is 2. The number of hydrogen-bond donors (Lipinski definition) is 2. The third-order valence-electron chi connectivity index (χ3n) is 4.09. The Bertz CT molecular complexity index is 888. The number of carbonyl (C=O) groups excluding carboxylic acids is 1. The molecule has 2 N–H and O–H groups in total. The second kappa shape index (κ2) is 12.1. The third kappa shape index (κ3) is 7.85. The lowest BCUT2D eigenvalue weighted by molar-refractivity contribution is 0.0889. The quantitative estimate of drug-likeness (QED) is 0.461. The highest BCUT2D eigenvalue weighted by Gasteiger charge is 2.03. The lowest BCUT2D eigenvalue weighted by Gasteiger charge is -2.10. The SMILES string of the molecule is O=C(NCCOc1ccccc1)Nc1cccc(COCCOc2ccccc2)c1. The monoisotopic (exact) mass is 406 g/mol. The van der Waals surface area contributed by atoms with Gasteiger partial charge in [0.1, 0.15) is 24.7 Å². The van der Waals surface area contributed by atoms with Crippen molar-refractivity contribution in [1.82, 2.24) is 5.32 Å². The second-order valence-corrected chi connectivity index (χ2v) is 6.46. The molecule has 6 heteroatoms. The van der Waals surface area contributed by atoms with E-state index in [9.17, 15) is 4.79 Å². The van der Waals surface area contributed by atoms with Crippen LogP contribution in [-0.4, -0.2) is 32.4 Å². The van der Waals surface area contributed by atoms with Crippen LogP contribution in [0.5, 0.6) is 11.5 Å². The van der Waals surface area contributed by atoms with Crippen LogP contribution in [0, 0.1) is 0 Å². The molecule has 30 heavy (non-hydrogen) atoms. The van der Waals surface area contributed by atoms with Crippen molar-refractivity contribution < 1.29 is 19.0 Å². The molecule has 0 aliphatic heterocycles. The summed E-state index contributed by atoms with van der Waals surface area (Å²) in [6.45, 7) is 2.21. The van der Waals surface area contributed by atoms with E-state index in [1.54, 1.807) is 0 Å². The summed E-state index contributed by atoms with van der Waals surface area (Å²) in [7, 11) is 0. The van der Waals surface area contributed by atoms with Crippen molar-refractivity contribution in [2.45, 2.75) is 6.61 Å². The van der Waals surface area contributed by atoms with Gasteiger partial charge >= 0.3 is 6.03 Å². The topological polar surface area (TPSA) is 68.8 Å². The van der Waals surface area contributed by atoms with Gasteiger partial charge in [0.05, 0.1) is 19.8 Å². The Morgan fingerprint density at radius 1 is 0.733 bits per heavy atom. The number of amides is 2. The van der Waals surface area contributed by atoms with Gasteiger partial charge in [0.2, 0.25) is 0 Å². The summed E-state index contributed by atoms with van der Waals surface area (Å²) in [6, 6.07) is 26.4. The van der Waals surface area contributed by atoms with E-state index >= 15 is 0 Å². The Labute approximate surface area is 176 Å². The molecule has 0 spiro atoms. The molecule has 0 heterocycles. The molecule has 6 nitrogen and oxygen atoms in total. The van der Waals surface area contributed by atoms with Crippen molar-refractivity contribution >= 4 is 11.7 Å². The second-order valence-electron chi connectivity index (χ2n) is 6.46. The van der Waals surface area contributed by atoms with Crippen LogP contribution in [0.1, 0.15) is 5.56 Å². The van der Waals surface area contributed by atoms with Gasteiger partial charge < -0.3 is 24.8 Å². The first kappa shape index (κ1) is 21.2. The first-order valence-electron chi connectivity index (χ1n) is 9.87. The molecule has 0 radical (unpaired) electrons. The predicted octanol–water partition coefficient (Wildman–Crippen LogP) is 4.48. The summed E-state index contributed by atoms with van der Waals surface area (Å²) in [5, 5.41) is 5.59. The summed E-state index contributed by atoms with van der Waals surface area (Å²) in [6.07, 6.45) is 0. The average molecular weight is 406 g/mol. The zero-order chi connectivity index (χ0) is 20.9. The number of hydrogen-bond acceptors (Lipinski definition) is 4. The van der Waals surface area contributed by atoms with Crippen LogP contribution in [0.15, 0.2) is 84.9 Å². The van der Waals surface area contributed by atoms with Crippen LogP contribution in [-0.2, 0) is 11.3 Å². The van der Waals surface area contributed by atoms with Gasteiger partial charge in [0.15, 0.2) is 0 Å². The highest BCUT2D eigenvalue weighted by atomic mass is 16.5. The number of ether oxygens (including phenoxy) is 3.